The number of aryl methyl sites for hydroxylation is 1. The van der Waals surface area contributed by atoms with Crippen molar-refractivity contribution in [3.8, 4) is 0 Å². The number of benzene rings is 1. The van der Waals surface area contributed by atoms with E-state index in [0.717, 1.165) is 25.4 Å². The number of nitrogens with zero attached hydrogens (tertiary/aromatic N) is 3. The highest BCUT2D eigenvalue weighted by Gasteiger charge is 2.34. The van der Waals surface area contributed by atoms with Gasteiger partial charge in [-0.3, -0.25) is 14.7 Å². The van der Waals surface area contributed by atoms with Gasteiger partial charge in [0, 0.05) is 44.6 Å². The summed E-state index contributed by atoms with van der Waals surface area (Å²) in [6.07, 6.45) is -6.38. The number of pyridine rings is 1. The fourth-order valence-corrected chi connectivity index (χ4v) is 3.44. The number of amides is 1. The number of halogens is 5. The first-order valence-electron chi connectivity index (χ1n) is 9.71. The van der Waals surface area contributed by atoms with Crippen molar-refractivity contribution in [3.63, 3.8) is 0 Å². The summed E-state index contributed by atoms with van der Waals surface area (Å²) >= 11 is 0. The number of rotatable bonds is 5. The molecule has 5 nitrogen and oxygen atoms in total. The van der Waals surface area contributed by atoms with Crippen LogP contribution in [0.4, 0.5) is 27.6 Å². The van der Waals surface area contributed by atoms with Crippen LogP contribution in [0, 0.1) is 6.92 Å². The van der Waals surface area contributed by atoms with Gasteiger partial charge in [-0.1, -0.05) is 6.07 Å². The monoisotopic (exact) mass is 442 g/mol. The third-order valence-electron chi connectivity index (χ3n) is 5.25. The van der Waals surface area contributed by atoms with Gasteiger partial charge in [-0.2, -0.15) is 13.2 Å². The number of alkyl halides is 5. The molecule has 0 unspecified atom stereocenters. The van der Waals surface area contributed by atoms with E-state index >= 15 is 0 Å². The van der Waals surface area contributed by atoms with Crippen molar-refractivity contribution in [2.75, 3.05) is 38.5 Å². The van der Waals surface area contributed by atoms with Crippen LogP contribution in [0.1, 0.15) is 39.2 Å². The fraction of sp³-hybridized carbons (Fsp3) is 0.429. The molecule has 1 aliphatic heterocycles. The lowest BCUT2D eigenvalue weighted by molar-refractivity contribution is -0.138. The van der Waals surface area contributed by atoms with Crippen molar-refractivity contribution < 1.29 is 26.7 Å². The molecule has 2 aromatic rings. The fourth-order valence-electron chi connectivity index (χ4n) is 3.44. The third kappa shape index (κ3) is 5.76. The minimum atomic E-state index is -4.58. The normalized spacial score (nSPS) is 16.0. The Balaban J connectivity index is 1.79. The first-order chi connectivity index (χ1) is 14.5. The molecule has 1 saturated heterocycles. The number of carbonyl (C=O) groups excluding carboxylic acids is 1. The standard InChI is InChI=1S/C21H23F5N4O/c1-13-9-15(11-27-18(13)19(22)23)20(31)28-16-4-3-14(17(10-16)21(24,25)26)12-30-7-5-29(2)6-8-30/h3-4,9-11,19H,5-8,12H2,1-2H3,(H,28,31). The van der Waals surface area contributed by atoms with E-state index < -0.39 is 29.8 Å². The van der Waals surface area contributed by atoms with Gasteiger partial charge in [0.2, 0.25) is 0 Å². The molecular formula is C21H23F5N4O. The van der Waals surface area contributed by atoms with Crippen LogP contribution in [0.25, 0.3) is 0 Å². The highest BCUT2D eigenvalue weighted by molar-refractivity contribution is 6.04. The minimum Gasteiger partial charge on any atom is -0.322 e. The van der Waals surface area contributed by atoms with Gasteiger partial charge in [0.25, 0.3) is 12.3 Å². The molecule has 10 heteroatoms. The highest BCUT2D eigenvalue weighted by Crippen LogP contribution is 2.34. The topological polar surface area (TPSA) is 48.5 Å². The molecule has 2 heterocycles. The summed E-state index contributed by atoms with van der Waals surface area (Å²) in [5.41, 5.74) is -1.04. The molecule has 1 amide bonds. The lowest BCUT2D eigenvalue weighted by Crippen LogP contribution is -2.44. The van der Waals surface area contributed by atoms with Crippen LogP contribution in [-0.4, -0.2) is 53.9 Å². The minimum absolute atomic E-state index is 0.0167. The predicted molar refractivity (Wildman–Crippen MR) is 106 cm³/mol. The zero-order valence-electron chi connectivity index (χ0n) is 17.1. The lowest BCUT2D eigenvalue weighted by Gasteiger charge is -2.33. The molecule has 0 aliphatic carbocycles. The van der Waals surface area contributed by atoms with E-state index in [-0.39, 0.29) is 28.9 Å². The van der Waals surface area contributed by atoms with Crippen LogP contribution in [0.3, 0.4) is 0 Å². The molecule has 1 N–H and O–H groups in total. The summed E-state index contributed by atoms with van der Waals surface area (Å²) in [4.78, 5) is 20.1. The summed E-state index contributed by atoms with van der Waals surface area (Å²) in [6, 6.07) is 4.90. The van der Waals surface area contributed by atoms with Gasteiger partial charge in [0.1, 0.15) is 5.69 Å². The van der Waals surface area contributed by atoms with Gasteiger partial charge in [0.15, 0.2) is 0 Å². The average Bonchev–Trinajstić information content (AvgIpc) is 2.69. The zero-order valence-corrected chi connectivity index (χ0v) is 17.1. The van der Waals surface area contributed by atoms with E-state index in [1.165, 1.54) is 25.1 Å². The van der Waals surface area contributed by atoms with Gasteiger partial charge in [-0.05, 0) is 43.3 Å². The number of hydrogen-bond donors (Lipinski definition) is 1. The number of hydrogen-bond acceptors (Lipinski definition) is 4. The van der Waals surface area contributed by atoms with Crippen LogP contribution in [0.5, 0.6) is 0 Å². The molecule has 0 radical (unpaired) electrons. The Morgan fingerprint density at radius 3 is 2.42 bits per heavy atom. The van der Waals surface area contributed by atoms with E-state index in [0.29, 0.717) is 13.1 Å². The first-order valence-corrected chi connectivity index (χ1v) is 9.71. The maximum absolute atomic E-state index is 13.7. The van der Waals surface area contributed by atoms with E-state index in [2.05, 4.69) is 15.2 Å². The SMILES string of the molecule is Cc1cc(C(=O)Nc2ccc(CN3CCN(C)CC3)c(C(F)(F)F)c2)cnc1C(F)F. The molecule has 3 rings (SSSR count). The Labute approximate surface area is 176 Å². The van der Waals surface area contributed by atoms with Crippen molar-refractivity contribution in [1.29, 1.82) is 0 Å². The Morgan fingerprint density at radius 2 is 1.84 bits per heavy atom. The first kappa shape index (κ1) is 23.1. The highest BCUT2D eigenvalue weighted by atomic mass is 19.4. The summed E-state index contributed by atoms with van der Waals surface area (Å²) in [5.74, 6) is -0.726. The zero-order chi connectivity index (χ0) is 22.8. The second kappa shape index (κ2) is 9.27. The van der Waals surface area contributed by atoms with Crippen molar-refractivity contribution in [2.24, 2.45) is 0 Å². The molecule has 1 aliphatic rings. The summed E-state index contributed by atoms with van der Waals surface area (Å²) in [7, 11) is 1.97. The molecular weight excluding hydrogens is 419 g/mol. The van der Waals surface area contributed by atoms with Crippen molar-refractivity contribution in [2.45, 2.75) is 26.1 Å². The Kier molecular flexibility index (Phi) is 6.90. The van der Waals surface area contributed by atoms with Crippen LogP contribution < -0.4 is 5.32 Å². The lowest BCUT2D eigenvalue weighted by atomic mass is 10.0. The molecule has 31 heavy (non-hydrogen) atoms. The van der Waals surface area contributed by atoms with E-state index in [1.54, 1.807) is 0 Å². The molecule has 1 fully saturated rings. The Morgan fingerprint density at radius 1 is 1.16 bits per heavy atom. The van der Waals surface area contributed by atoms with Gasteiger partial charge >= 0.3 is 6.18 Å². The smallest absolute Gasteiger partial charge is 0.322 e. The number of likely N-dealkylation sites (N-methyl/N-ethyl adjacent to an activating group) is 1. The molecule has 0 spiro atoms. The summed E-state index contributed by atoms with van der Waals surface area (Å²) in [6.45, 7) is 4.47. The van der Waals surface area contributed by atoms with Gasteiger partial charge < -0.3 is 10.2 Å². The third-order valence-corrected chi connectivity index (χ3v) is 5.25. The molecule has 1 aromatic carbocycles. The number of nitrogens with one attached hydrogen (secondary N) is 1. The van der Waals surface area contributed by atoms with E-state index in [9.17, 15) is 26.7 Å². The number of anilines is 1. The number of aromatic nitrogens is 1. The summed E-state index contributed by atoms with van der Waals surface area (Å²) in [5, 5.41) is 2.40. The molecule has 0 atom stereocenters. The van der Waals surface area contributed by atoms with E-state index in [1.807, 2.05) is 11.9 Å². The molecule has 168 valence electrons. The van der Waals surface area contributed by atoms with Crippen LogP contribution >= 0.6 is 0 Å². The van der Waals surface area contributed by atoms with E-state index in [4.69, 9.17) is 0 Å². The van der Waals surface area contributed by atoms with Crippen LogP contribution in [-0.2, 0) is 12.7 Å². The quantitative estimate of drug-likeness (QED) is 0.700. The maximum Gasteiger partial charge on any atom is 0.416 e. The van der Waals surface area contributed by atoms with Crippen LogP contribution in [0.2, 0.25) is 0 Å². The molecule has 0 bridgehead atoms. The second-order valence-corrected chi connectivity index (χ2v) is 7.63. The van der Waals surface area contributed by atoms with Gasteiger partial charge in [0.05, 0.1) is 11.1 Å². The van der Waals surface area contributed by atoms with Gasteiger partial charge in [-0.25, -0.2) is 8.78 Å². The molecule has 1 aromatic heterocycles. The van der Waals surface area contributed by atoms with Crippen molar-refractivity contribution in [3.05, 3.63) is 58.4 Å². The van der Waals surface area contributed by atoms with Crippen LogP contribution in [0.15, 0.2) is 30.5 Å². The predicted octanol–water partition coefficient (Wildman–Crippen LogP) is 4.35. The largest absolute Gasteiger partial charge is 0.416 e. The summed E-state index contributed by atoms with van der Waals surface area (Å²) < 4.78 is 66.6. The number of carbonyl (C=O) groups is 1. The maximum atomic E-state index is 13.7. The number of piperazine rings is 1. The van der Waals surface area contributed by atoms with Crippen molar-refractivity contribution in [1.82, 2.24) is 14.8 Å². The Bertz CT molecular complexity index is 940. The Hall–Kier alpha value is -2.59. The average molecular weight is 442 g/mol. The second-order valence-electron chi connectivity index (χ2n) is 7.63. The van der Waals surface area contributed by atoms with Gasteiger partial charge in [-0.15, -0.1) is 0 Å². The molecule has 0 saturated carbocycles. The van der Waals surface area contributed by atoms with Crippen molar-refractivity contribution >= 4 is 11.6 Å².